The van der Waals surface area contributed by atoms with Gasteiger partial charge in [0.1, 0.15) is 11.5 Å². The second kappa shape index (κ2) is 10.6. The van der Waals surface area contributed by atoms with Crippen LogP contribution in [0.25, 0.3) is 5.69 Å². The molecule has 9 nitrogen and oxygen atoms in total. The van der Waals surface area contributed by atoms with E-state index in [2.05, 4.69) is 16.0 Å². The number of hydrogen-bond donors (Lipinski definition) is 2. The monoisotopic (exact) mass is 470 g/mol. The van der Waals surface area contributed by atoms with Gasteiger partial charge in [-0.05, 0) is 69.3 Å². The predicted octanol–water partition coefficient (Wildman–Crippen LogP) is 2.82. The number of ether oxygens (including phenoxy) is 2. The van der Waals surface area contributed by atoms with E-state index in [1.165, 1.54) is 17.7 Å². The number of hydrazine groups is 1. The number of hydrogen-bond acceptors (Lipinski definition) is 6. The molecule has 0 saturated heterocycles. The molecule has 0 spiro atoms. The van der Waals surface area contributed by atoms with Crippen molar-refractivity contribution in [2.75, 3.05) is 6.61 Å². The third-order valence-corrected chi connectivity index (χ3v) is 4.76. The lowest BCUT2D eigenvalue weighted by molar-refractivity contribution is -0.128. The number of nitrogens with zero attached hydrogens (tertiary/aromatic N) is 2. The van der Waals surface area contributed by atoms with Gasteiger partial charge in [0.05, 0.1) is 12.3 Å². The number of aryl methyl sites for hydroxylation is 1. The van der Waals surface area contributed by atoms with Gasteiger partial charge < -0.3 is 9.47 Å². The van der Waals surface area contributed by atoms with Gasteiger partial charge in [-0.3, -0.25) is 25.2 Å². The van der Waals surface area contributed by atoms with Crippen molar-refractivity contribution in [1.82, 2.24) is 20.6 Å². The zero-order chi connectivity index (χ0) is 24.0. The zero-order valence-electron chi connectivity index (χ0n) is 18.3. The van der Waals surface area contributed by atoms with Crippen molar-refractivity contribution < 1.29 is 19.1 Å². The van der Waals surface area contributed by atoms with E-state index < -0.39 is 23.3 Å². The third-order valence-electron chi connectivity index (χ3n) is 4.51. The van der Waals surface area contributed by atoms with Gasteiger partial charge in [-0.15, -0.1) is 0 Å². The minimum Gasteiger partial charge on any atom is -0.494 e. The molecule has 0 fully saturated rings. The van der Waals surface area contributed by atoms with E-state index >= 15 is 0 Å². The Balaban J connectivity index is 1.64. The second-order valence-corrected chi connectivity index (χ2v) is 7.43. The molecule has 3 aromatic rings. The topological polar surface area (TPSA) is 112 Å². The first-order valence-electron chi connectivity index (χ1n) is 10.1. The number of carbonyl (C=O) groups excluding carboxylic acids is 2. The van der Waals surface area contributed by atoms with Crippen LogP contribution < -0.4 is 25.8 Å². The fraction of sp³-hybridized carbons (Fsp3) is 0.217. The van der Waals surface area contributed by atoms with Crippen LogP contribution in [0.1, 0.15) is 30.0 Å². The Morgan fingerprint density at radius 1 is 1.06 bits per heavy atom. The van der Waals surface area contributed by atoms with Crippen molar-refractivity contribution in [2.24, 2.45) is 0 Å². The molecule has 0 aliphatic rings. The summed E-state index contributed by atoms with van der Waals surface area (Å²) in [5.74, 6) is -0.325. The zero-order valence-corrected chi connectivity index (χ0v) is 19.1. The highest BCUT2D eigenvalue weighted by molar-refractivity contribution is 6.30. The predicted molar refractivity (Wildman–Crippen MR) is 123 cm³/mol. The molecule has 0 saturated carbocycles. The number of benzene rings is 2. The average molecular weight is 471 g/mol. The average Bonchev–Trinajstić information content (AvgIpc) is 2.79. The van der Waals surface area contributed by atoms with Crippen molar-refractivity contribution >= 4 is 23.4 Å². The van der Waals surface area contributed by atoms with Gasteiger partial charge in [-0.1, -0.05) is 11.6 Å². The lowest BCUT2D eigenvalue weighted by Gasteiger charge is -2.16. The first-order valence-corrected chi connectivity index (χ1v) is 10.5. The van der Waals surface area contributed by atoms with Crippen LogP contribution in [0.2, 0.25) is 5.02 Å². The molecule has 0 unspecified atom stereocenters. The van der Waals surface area contributed by atoms with Crippen molar-refractivity contribution in [1.29, 1.82) is 0 Å². The van der Waals surface area contributed by atoms with Crippen LogP contribution in [0.3, 0.4) is 0 Å². The second-order valence-electron chi connectivity index (χ2n) is 6.99. The van der Waals surface area contributed by atoms with E-state index in [-0.39, 0.29) is 5.69 Å². The molecule has 2 amide bonds. The first kappa shape index (κ1) is 23.8. The molecule has 1 heterocycles. The lowest BCUT2D eigenvalue weighted by Crippen LogP contribution is -2.48. The minimum atomic E-state index is -0.917. The van der Waals surface area contributed by atoms with Crippen molar-refractivity contribution in [3.8, 4) is 17.2 Å². The maximum Gasteiger partial charge on any atom is 0.294 e. The molecule has 0 bridgehead atoms. The number of nitrogens with one attached hydrogen (secondary N) is 2. The Hall–Kier alpha value is -3.85. The van der Waals surface area contributed by atoms with Crippen LogP contribution in [0.4, 0.5) is 0 Å². The molecule has 0 radical (unpaired) electrons. The summed E-state index contributed by atoms with van der Waals surface area (Å²) >= 11 is 5.91. The van der Waals surface area contributed by atoms with Gasteiger partial charge in [0.2, 0.25) is 5.43 Å². The Morgan fingerprint density at radius 2 is 1.70 bits per heavy atom. The van der Waals surface area contributed by atoms with Gasteiger partial charge in [0.15, 0.2) is 11.8 Å². The fourth-order valence-electron chi connectivity index (χ4n) is 2.87. The van der Waals surface area contributed by atoms with Crippen LogP contribution in [0.5, 0.6) is 11.5 Å². The summed E-state index contributed by atoms with van der Waals surface area (Å²) in [7, 11) is 0. The number of amides is 2. The fourth-order valence-corrected chi connectivity index (χ4v) is 2.99. The number of halogens is 1. The Kier molecular flexibility index (Phi) is 7.68. The van der Waals surface area contributed by atoms with E-state index in [1.807, 2.05) is 6.92 Å². The number of rotatable bonds is 7. The van der Waals surface area contributed by atoms with E-state index in [0.717, 1.165) is 0 Å². The van der Waals surface area contributed by atoms with Crippen LogP contribution in [-0.4, -0.2) is 34.3 Å². The molecule has 3 rings (SSSR count). The summed E-state index contributed by atoms with van der Waals surface area (Å²) in [5.41, 5.74) is 4.64. The normalized spacial score (nSPS) is 11.4. The van der Waals surface area contributed by atoms with Crippen LogP contribution >= 0.6 is 11.6 Å². The summed E-state index contributed by atoms with van der Waals surface area (Å²) in [6.07, 6.45) is -0.917. The third kappa shape index (κ3) is 6.11. The molecule has 1 aromatic heterocycles. The molecule has 172 valence electrons. The van der Waals surface area contributed by atoms with Crippen LogP contribution in [-0.2, 0) is 4.79 Å². The van der Waals surface area contributed by atoms with E-state index in [0.29, 0.717) is 34.5 Å². The minimum absolute atomic E-state index is 0.379. The smallest absolute Gasteiger partial charge is 0.294 e. The summed E-state index contributed by atoms with van der Waals surface area (Å²) < 4.78 is 12.4. The van der Waals surface area contributed by atoms with E-state index in [9.17, 15) is 14.4 Å². The van der Waals surface area contributed by atoms with E-state index in [1.54, 1.807) is 55.5 Å². The van der Waals surface area contributed by atoms with Crippen molar-refractivity contribution in [3.63, 3.8) is 0 Å². The highest BCUT2D eigenvalue weighted by Crippen LogP contribution is 2.18. The SMILES string of the molecule is CCOc1ccc(O[C@@H](C)C(=O)NNC(=O)c2nn(-c3ccc(Cl)cc3)c(C)cc2=O)cc1. The molecular weight excluding hydrogens is 448 g/mol. The van der Waals surface area contributed by atoms with Gasteiger partial charge in [0.25, 0.3) is 11.8 Å². The maximum atomic E-state index is 12.5. The molecule has 2 N–H and O–H groups in total. The molecular formula is C23H23ClN4O5. The maximum absolute atomic E-state index is 12.5. The van der Waals surface area contributed by atoms with Crippen LogP contribution in [0, 0.1) is 6.92 Å². The quantitative estimate of drug-likeness (QED) is 0.513. The largest absolute Gasteiger partial charge is 0.494 e. The molecule has 2 aromatic carbocycles. The molecule has 1 atom stereocenters. The molecule has 33 heavy (non-hydrogen) atoms. The summed E-state index contributed by atoms with van der Waals surface area (Å²) in [6, 6.07) is 14.8. The first-order chi connectivity index (χ1) is 15.8. The van der Waals surface area contributed by atoms with Crippen molar-refractivity contribution in [3.05, 3.63) is 81.2 Å². The number of aromatic nitrogens is 2. The van der Waals surface area contributed by atoms with Gasteiger partial charge in [-0.25, -0.2) is 4.68 Å². The summed E-state index contributed by atoms with van der Waals surface area (Å²) in [4.78, 5) is 37.1. The van der Waals surface area contributed by atoms with Crippen molar-refractivity contribution in [2.45, 2.75) is 26.9 Å². The molecule has 0 aliphatic carbocycles. The summed E-state index contributed by atoms with van der Waals surface area (Å²) in [5, 5.41) is 4.68. The Labute approximate surface area is 195 Å². The molecule has 0 aliphatic heterocycles. The highest BCUT2D eigenvalue weighted by atomic mass is 35.5. The van der Waals surface area contributed by atoms with Gasteiger partial charge in [0, 0.05) is 16.8 Å². The summed E-state index contributed by atoms with van der Waals surface area (Å²) in [6.45, 7) is 5.63. The number of carbonyl (C=O) groups is 2. The Morgan fingerprint density at radius 3 is 2.33 bits per heavy atom. The van der Waals surface area contributed by atoms with Crippen LogP contribution in [0.15, 0.2) is 59.4 Å². The molecule has 10 heteroatoms. The van der Waals surface area contributed by atoms with E-state index in [4.69, 9.17) is 21.1 Å². The lowest BCUT2D eigenvalue weighted by atomic mass is 10.2. The Bertz CT molecular complexity index is 1190. The van der Waals surface area contributed by atoms with Gasteiger partial charge in [-0.2, -0.15) is 5.10 Å². The van der Waals surface area contributed by atoms with Gasteiger partial charge >= 0.3 is 0 Å². The standard InChI is InChI=1S/C23H23ClN4O5/c1-4-32-18-9-11-19(12-10-18)33-15(3)22(30)25-26-23(31)21-20(29)13-14(2)28(27-21)17-7-5-16(24)6-8-17/h5-13,15H,4H2,1-3H3,(H,25,30)(H,26,31)/t15-/m0/s1. The highest BCUT2D eigenvalue weighted by Gasteiger charge is 2.19.